The van der Waals surface area contributed by atoms with Crippen LogP contribution in [0.3, 0.4) is 0 Å². The fourth-order valence-electron chi connectivity index (χ4n) is 3.52. The van der Waals surface area contributed by atoms with Crippen LogP contribution in [0.1, 0.15) is 21.7 Å². The van der Waals surface area contributed by atoms with Gasteiger partial charge in [-0.1, -0.05) is 0 Å². The first kappa shape index (κ1) is 19.4. The van der Waals surface area contributed by atoms with Crippen LogP contribution >= 0.6 is 0 Å². The van der Waals surface area contributed by atoms with Crippen molar-refractivity contribution in [2.75, 3.05) is 12.4 Å². The lowest BCUT2D eigenvalue weighted by Crippen LogP contribution is -2.13. The number of benzene rings is 2. The van der Waals surface area contributed by atoms with Crippen molar-refractivity contribution in [2.45, 2.75) is 13.8 Å². The van der Waals surface area contributed by atoms with Gasteiger partial charge in [0.05, 0.1) is 24.7 Å². The summed E-state index contributed by atoms with van der Waals surface area (Å²) in [5.74, 6) is 0.0208. The molecule has 0 aliphatic heterocycles. The molecule has 0 bridgehead atoms. The first-order valence-electron chi connectivity index (χ1n) is 9.40. The zero-order valence-corrected chi connectivity index (χ0v) is 16.9. The van der Waals surface area contributed by atoms with Crippen molar-refractivity contribution in [2.24, 2.45) is 0 Å². The first-order chi connectivity index (χ1) is 14.5. The van der Waals surface area contributed by atoms with E-state index in [1.165, 1.54) is 12.4 Å². The Hall–Kier alpha value is -3.87. The van der Waals surface area contributed by atoms with Gasteiger partial charge in [0.25, 0.3) is 5.91 Å². The molecular formula is C23H21FN4O2. The Morgan fingerprint density at radius 2 is 1.87 bits per heavy atom. The predicted molar refractivity (Wildman–Crippen MR) is 113 cm³/mol. The molecule has 1 amide bonds. The molecule has 4 rings (SSSR count). The van der Waals surface area contributed by atoms with E-state index >= 15 is 0 Å². The van der Waals surface area contributed by atoms with E-state index in [1.54, 1.807) is 36.2 Å². The third-order valence-electron chi connectivity index (χ3n) is 4.99. The lowest BCUT2D eigenvalue weighted by Gasteiger charge is -2.11. The summed E-state index contributed by atoms with van der Waals surface area (Å²) in [4.78, 5) is 16.8. The minimum atomic E-state index is -0.450. The lowest BCUT2D eigenvalue weighted by molar-refractivity contribution is 0.102. The number of carbonyl (C=O) groups is 1. The van der Waals surface area contributed by atoms with E-state index in [-0.39, 0.29) is 5.91 Å². The second-order valence-corrected chi connectivity index (χ2v) is 6.91. The molecule has 0 saturated carbocycles. The van der Waals surface area contributed by atoms with Gasteiger partial charge in [0.2, 0.25) is 0 Å². The molecule has 2 aromatic carbocycles. The highest BCUT2D eigenvalue weighted by Gasteiger charge is 2.17. The van der Waals surface area contributed by atoms with Crippen LogP contribution in [0.15, 0.2) is 67.3 Å². The summed E-state index contributed by atoms with van der Waals surface area (Å²) in [6, 6.07) is 14.0. The average Bonchev–Trinajstić information content (AvgIpc) is 3.36. The summed E-state index contributed by atoms with van der Waals surface area (Å²) < 4.78 is 23.3. The molecule has 30 heavy (non-hydrogen) atoms. The number of imidazole rings is 1. The number of nitrogens with zero attached hydrogens (tertiary/aromatic N) is 3. The maximum absolute atomic E-state index is 14.5. The lowest BCUT2D eigenvalue weighted by atomic mass is 10.2. The Morgan fingerprint density at radius 1 is 1.10 bits per heavy atom. The van der Waals surface area contributed by atoms with Crippen molar-refractivity contribution in [1.29, 1.82) is 0 Å². The summed E-state index contributed by atoms with van der Waals surface area (Å²) in [6.07, 6.45) is 4.75. The molecule has 0 unspecified atom stereocenters. The standard InChI is InChI=1S/C23H21FN4O2/c1-15-12-20(16(2)28(15)18-5-7-19(30-3)8-6-18)23(29)26-17-4-9-22(21(24)13-17)27-11-10-25-14-27/h4-14H,1-3H3,(H,26,29). The second-order valence-electron chi connectivity index (χ2n) is 6.91. The smallest absolute Gasteiger partial charge is 0.257 e. The fourth-order valence-corrected chi connectivity index (χ4v) is 3.52. The van der Waals surface area contributed by atoms with E-state index in [2.05, 4.69) is 10.3 Å². The Labute approximate surface area is 173 Å². The summed E-state index contributed by atoms with van der Waals surface area (Å²) in [6.45, 7) is 3.82. The minimum absolute atomic E-state index is 0.294. The van der Waals surface area contributed by atoms with Crippen LogP contribution in [0.5, 0.6) is 5.75 Å². The summed E-state index contributed by atoms with van der Waals surface area (Å²) in [7, 11) is 1.62. The van der Waals surface area contributed by atoms with Gasteiger partial charge in [-0.05, 0) is 62.4 Å². The second kappa shape index (κ2) is 7.87. The number of methoxy groups -OCH3 is 1. The Morgan fingerprint density at radius 3 is 2.50 bits per heavy atom. The van der Waals surface area contributed by atoms with E-state index in [0.29, 0.717) is 16.9 Å². The maximum Gasteiger partial charge on any atom is 0.257 e. The SMILES string of the molecule is COc1ccc(-n2c(C)cc(C(=O)Nc3ccc(-n4ccnc4)c(F)c3)c2C)cc1. The van der Waals surface area contributed by atoms with Gasteiger partial charge in [0.15, 0.2) is 0 Å². The number of aryl methyl sites for hydroxylation is 1. The van der Waals surface area contributed by atoms with Crippen molar-refractivity contribution in [1.82, 2.24) is 14.1 Å². The zero-order valence-electron chi connectivity index (χ0n) is 16.9. The molecule has 7 heteroatoms. The molecule has 0 saturated heterocycles. The minimum Gasteiger partial charge on any atom is -0.497 e. The van der Waals surface area contributed by atoms with Crippen molar-refractivity contribution in [3.8, 4) is 17.1 Å². The van der Waals surface area contributed by atoms with Gasteiger partial charge < -0.3 is 19.2 Å². The fraction of sp³-hybridized carbons (Fsp3) is 0.130. The quantitative estimate of drug-likeness (QED) is 0.525. The van der Waals surface area contributed by atoms with Crippen molar-refractivity contribution in [3.63, 3.8) is 0 Å². The topological polar surface area (TPSA) is 61.1 Å². The van der Waals surface area contributed by atoms with Gasteiger partial charge >= 0.3 is 0 Å². The van der Waals surface area contributed by atoms with Crippen LogP contribution in [0.4, 0.5) is 10.1 Å². The molecule has 0 fully saturated rings. The Balaban J connectivity index is 1.59. The number of ether oxygens (including phenoxy) is 1. The van der Waals surface area contributed by atoms with Gasteiger partial charge in [-0.25, -0.2) is 9.37 Å². The molecule has 6 nitrogen and oxygen atoms in total. The molecule has 1 N–H and O–H groups in total. The van der Waals surface area contributed by atoms with E-state index in [1.807, 2.05) is 48.7 Å². The van der Waals surface area contributed by atoms with Crippen LogP contribution in [0.2, 0.25) is 0 Å². The van der Waals surface area contributed by atoms with Gasteiger partial charge in [0, 0.05) is 35.2 Å². The normalized spacial score (nSPS) is 10.8. The molecule has 0 aliphatic rings. The summed E-state index contributed by atoms with van der Waals surface area (Å²) >= 11 is 0. The zero-order chi connectivity index (χ0) is 21.3. The molecule has 0 spiro atoms. The number of rotatable bonds is 5. The number of amides is 1. The van der Waals surface area contributed by atoms with Gasteiger partial charge in [0.1, 0.15) is 11.6 Å². The number of halogens is 1. The van der Waals surface area contributed by atoms with E-state index in [9.17, 15) is 9.18 Å². The highest BCUT2D eigenvalue weighted by atomic mass is 19.1. The highest BCUT2D eigenvalue weighted by molar-refractivity contribution is 6.05. The number of nitrogens with one attached hydrogen (secondary N) is 1. The molecule has 2 heterocycles. The molecule has 0 radical (unpaired) electrons. The van der Waals surface area contributed by atoms with Crippen molar-refractivity contribution >= 4 is 11.6 Å². The Kier molecular flexibility index (Phi) is 5.10. The van der Waals surface area contributed by atoms with E-state index in [4.69, 9.17) is 4.74 Å². The number of hydrogen-bond donors (Lipinski definition) is 1. The first-order valence-corrected chi connectivity index (χ1v) is 9.40. The van der Waals surface area contributed by atoms with E-state index in [0.717, 1.165) is 22.8 Å². The Bertz CT molecular complexity index is 1190. The molecule has 4 aromatic rings. The predicted octanol–water partition coefficient (Wildman–Crippen LogP) is 4.68. The molecular weight excluding hydrogens is 383 g/mol. The number of aromatic nitrogens is 3. The molecule has 0 atom stereocenters. The van der Waals surface area contributed by atoms with Gasteiger partial charge in [-0.15, -0.1) is 0 Å². The third-order valence-corrected chi connectivity index (χ3v) is 4.99. The van der Waals surface area contributed by atoms with Crippen molar-refractivity contribution < 1.29 is 13.9 Å². The van der Waals surface area contributed by atoms with Crippen molar-refractivity contribution in [3.05, 3.63) is 90.0 Å². The molecule has 152 valence electrons. The van der Waals surface area contributed by atoms with E-state index < -0.39 is 5.82 Å². The molecule has 0 aliphatic carbocycles. The van der Waals surface area contributed by atoms with Gasteiger partial charge in [-0.2, -0.15) is 0 Å². The monoisotopic (exact) mass is 404 g/mol. The summed E-state index contributed by atoms with van der Waals surface area (Å²) in [5.41, 5.74) is 3.93. The van der Waals surface area contributed by atoms with Crippen LogP contribution in [0, 0.1) is 19.7 Å². The highest BCUT2D eigenvalue weighted by Crippen LogP contribution is 2.24. The van der Waals surface area contributed by atoms with Gasteiger partial charge in [-0.3, -0.25) is 4.79 Å². The third kappa shape index (κ3) is 3.57. The average molecular weight is 404 g/mol. The molecule has 2 aromatic heterocycles. The largest absolute Gasteiger partial charge is 0.497 e. The van der Waals surface area contributed by atoms with Crippen LogP contribution in [-0.2, 0) is 0 Å². The van der Waals surface area contributed by atoms with Crippen LogP contribution in [-0.4, -0.2) is 27.1 Å². The summed E-state index contributed by atoms with van der Waals surface area (Å²) in [5, 5.41) is 2.79. The number of hydrogen-bond acceptors (Lipinski definition) is 3. The maximum atomic E-state index is 14.5. The van der Waals surface area contributed by atoms with Crippen LogP contribution in [0.25, 0.3) is 11.4 Å². The number of carbonyl (C=O) groups excluding carboxylic acids is 1. The van der Waals surface area contributed by atoms with Crippen LogP contribution < -0.4 is 10.1 Å². The number of anilines is 1.